The molecule has 0 aliphatic carbocycles. The van der Waals surface area contributed by atoms with Crippen molar-refractivity contribution in [2.75, 3.05) is 0 Å². The van der Waals surface area contributed by atoms with E-state index >= 15 is 0 Å². The minimum atomic E-state index is -2.33. The molecule has 20 aromatic heterocycles. The van der Waals surface area contributed by atoms with Gasteiger partial charge in [0, 0.05) is 137 Å². The van der Waals surface area contributed by atoms with Crippen molar-refractivity contribution in [3.05, 3.63) is 242 Å². The minimum Gasteiger partial charge on any atom is -0.395 e. The summed E-state index contributed by atoms with van der Waals surface area (Å²) in [5, 5.41) is 18.9. The van der Waals surface area contributed by atoms with Crippen LogP contribution >= 0.6 is 11.3 Å². The van der Waals surface area contributed by atoms with Gasteiger partial charge in [-0.15, -0.1) is 28.8 Å². The highest BCUT2D eigenvalue weighted by molar-refractivity contribution is 7.20. The minimum absolute atomic E-state index is 0.418. The first-order chi connectivity index (χ1) is 52.1. The van der Waals surface area contributed by atoms with Gasteiger partial charge in [0.1, 0.15) is 18.8 Å². The molecule has 26 rings (SSSR count). The smallest absolute Gasteiger partial charge is 0.376 e. The van der Waals surface area contributed by atoms with Gasteiger partial charge < -0.3 is 4.42 Å². The molecule has 0 radical (unpaired) electrons. The predicted octanol–water partition coefficient (Wildman–Crippen LogP) is 7.09. The van der Waals surface area contributed by atoms with Gasteiger partial charge in [-0.05, 0) is 72.8 Å². The van der Waals surface area contributed by atoms with Gasteiger partial charge in [-0.3, -0.25) is 24.9 Å². The Hall–Kier alpha value is -14.2. The molecule has 0 unspecified atom stereocenters. The zero-order chi connectivity index (χ0) is 70.2. The van der Waals surface area contributed by atoms with Crippen LogP contribution in [0.1, 0.15) is 31.9 Å². The van der Waals surface area contributed by atoms with Gasteiger partial charge in [-0.2, -0.15) is 29.5 Å². The summed E-state index contributed by atoms with van der Waals surface area (Å²) in [4.78, 5) is 49.6. The van der Waals surface area contributed by atoms with E-state index in [1.165, 1.54) is 48.8 Å². The van der Waals surface area contributed by atoms with Crippen molar-refractivity contribution < 1.29 is 31.4 Å². The first-order valence-corrected chi connectivity index (χ1v) is 33.8. The van der Waals surface area contributed by atoms with Crippen molar-refractivity contribution in [1.29, 1.82) is 0 Å². The summed E-state index contributed by atoms with van der Waals surface area (Å²) in [6.45, 7) is 1.42. The molecule has 25 heterocycles. The van der Waals surface area contributed by atoms with Gasteiger partial charge >= 0.3 is 39.7 Å². The van der Waals surface area contributed by atoms with E-state index in [0.29, 0.717) is 35.0 Å². The average molecular weight is 1370 g/mol. The van der Waals surface area contributed by atoms with Crippen LogP contribution in [-0.4, -0.2) is 111 Å². The van der Waals surface area contributed by atoms with Crippen LogP contribution < -0.4 is 22.8 Å². The molecule has 0 amide bonds. The molecule has 5 aliphatic rings. The number of fused-ring (bicyclic) bond motifs is 35. The number of pyridine rings is 5. The maximum absolute atomic E-state index is 7.95. The molecule has 0 atom stereocenters. The lowest BCUT2D eigenvalue weighted by atomic mass is 10.1. The molecule has 0 saturated carbocycles. The third-order valence-corrected chi connectivity index (χ3v) is 20.7. The first kappa shape index (κ1) is 53.8. The lowest BCUT2D eigenvalue weighted by Gasteiger charge is -2.02. The Morgan fingerprint density at radius 1 is 0.417 bits per heavy atom. The van der Waals surface area contributed by atoms with Crippen molar-refractivity contribution in [1.82, 2.24) is 111 Å². The van der Waals surface area contributed by atoms with Crippen LogP contribution in [0.4, 0.5) is 0 Å². The molecule has 0 N–H and O–H groups in total. The van der Waals surface area contributed by atoms with Crippen LogP contribution in [0.15, 0.2) is 219 Å². The molecule has 30 heteroatoms. The number of thiazole rings is 1. The van der Waals surface area contributed by atoms with Crippen LogP contribution in [-0.2, 0) is 46.7 Å². The highest BCUT2D eigenvalue weighted by Crippen LogP contribution is 2.38. The highest BCUT2D eigenvalue weighted by atomic mass is 32.1. The molecule has 29 nitrogen and oxygen atoms in total. The van der Waals surface area contributed by atoms with Crippen LogP contribution in [0.3, 0.4) is 0 Å². The van der Waals surface area contributed by atoms with Crippen molar-refractivity contribution >= 4 is 95.4 Å². The van der Waals surface area contributed by atoms with Gasteiger partial charge in [0.25, 0.3) is 28.5 Å². The molecule has 490 valence electrons. The Balaban J connectivity index is 0.0000000830. The summed E-state index contributed by atoms with van der Waals surface area (Å²) in [5.74, 6) is 4.50. The second-order valence-corrected chi connectivity index (χ2v) is 26.1. The van der Waals surface area contributed by atoms with Crippen LogP contribution in [0, 0.1) is 0 Å². The number of para-hydroxylation sites is 1. The quantitative estimate of drug-likeness (QED) is 0.149. The molecular formula is C73H51N28OS+5. The predicted molar refractivity (Wildman–Crippen MR) is 373 cm³/mol. The Bertz CT molecular complexity index is 7240. The van der Waals surface area contributed by atoms with Crippen molar-refractivity contribution in [2.45, 2.75) is 32.7 Å². The standard InChI is InChI=1S/C19H13N6.2C14H11N6.C13H8N5O.C13H8N5S/c1-2-5-14(6-3-1)24-17-19(25-16(22-17)7-4-9-21-25)23-12-13-11-20-10-8-15(13)18(23)24;2*1-18-12-14(20-11(17-12)3-2-5-16-20)19-8-9-7-15-6-4-10(9)13(18)19;1-2-10-16-11-12(18(10)15-4-1)17-7-8-6-14-5-3-9(8)13(17)19-11;1-3-15-13-16-10-12(17(13)5-1)19-11-9-2-4-14-6-8(9)7-18(10)11/h1-11H,12H2;2*2-7H,8H2,1H3;2*1-6H,7H2/q5*+1/i;1D3;;;. The van der Waals surface area contributed by atoms with Crippen molar-refractivity contribution in [3.63, 3.8) is 0 Å². The SMILES string of the molecule is Cn1c2[n+](c3c1nc1cccnn13)Cc1cnccc1-2.[2H]C([2H])([2H])n1c2[n+](c3c1nc1cccnn13)Cc1cnccc1-2.c1ccc(-n2c3[n+](c4c2nc2cccnn24)Cc2cnccc2-3)cc1.c1cnc2nc3c(sc4[n+]3Cc3cnccc3-4)n2c1.c1cnn2c(c1)nc1oc3[n+](c12)Cc1cnccc1-3. The second kappa shape index (κ2) is 21.7. The summed E-state index contributed by atoms with van der Waals surface area (Å²) in [6, 6.07) is 37.5. The summed E-state index contributed by atoms with van der Waals surface area (Å²) >= 11 is 1.76. The second-order valence-electron chi connectivity index (χ2n) is 25.2. The number of oxazole rings is 1. The fraction of sp³-hybridized carbons (Fsp3) is 0.0959. The number of aromatic nitrogens is 28. The van der Waals surface area contributed by atoms with E-state index in [4.69, 9.17) is 13.5 Å². The van der Waals surface area contributed by atoms with Gasteiger partial charge in [0.15, 0.2) is 5.01 Å². The zero-order valence-corrected chi connectivity index (χ0v) is 54.9. The maximum atomic E-state index is 7.95. The third-order valence-electron chi connectivity index (χ3n) is 19.5. The third kappa shape index (κ3) is 8.27. The molecule has 21 aromatic rings. The van der Waals surface area contributed by atoms with Gasteiger partial charge in [-0.1, -0.05) is 39.1 Å². The number of benzene rings is 1. The van der Waals surface area contributed by atoms with E-state index in [9.17, 15) is 0 Å². The molecule has 0 fully saturated rings. The maximum Gasteiger partial charge on any atom is 0.376 e. The molecule has 0 bridgehead atoms. The fourth-order valence-corrected chi connectivity index (χ4v) is 16.4. The number of imidazole rings is 8. The molecule has 103 heavy (non-hydrogen) atoms. The number of hydrogen-bond donors (Lipinski definition) is 0. The van der Waals surface area contributed by atoms with E-state index in [2.05, 4.69) is 147 Å². The highest BCUT2D eigenvalue weighted by Gasteiger charge is 2.40. The first-order valence-electron chi connectivity index (χ1n) is 34.5. The average Bonchev–Trinajstić information content (AvgIpc) is 1.56. The topological polar surface area (TPSA) is 263 Å². The van der Waals surface area contributed by atoms with Crippen LogP contribution in [0.5, 0.6) is 0 Å². The zero-order valence-electron chi connectivity index (χ0n) is 57.1. The summed E-state index contributed by atoms with van der Waals surface area (Å²) < 4.78 is 55.6. The number of aryl methyl sites for hydroxylation is 2. The van der Waals surface area contributed by atoms with Gasteiger partial charge in [0.05, 0.1) is 84.8 Å². The number of nitrogens with zero attached hydrogens (tertiary/aromatic N) is 28. The van der Waals surface area contributed by atoms with Crippen LogP contribution in [0.25, 0.3) is 146 Å². The number of hydrogen-bond acceptors (Lipinski definition) is 17. The van der Waals surface area contributed by atoms with Crippen LogP contribution in [0.2, 0.25) is 0 Å². The Labute approximate surface area is 586 Å². The number of rotatable bonds is 1. The molecule has 1 aromatic carbocycles. The molecular weight excluding hydrogens is 1320 g/mol. The summed E-state index contributed by atoms with van der Waals surface area (Å²) in [5.41, 5.74) is 23.3. The Morgan fingerprint density at radius 3 is 1.48 bits per heavy atom. The van der Waals surface area contributed by atoms with E-state index in [1.54, 1.807) is 71.5 Å². The monoisotopic (exact) mass is 1370 g/mol. The molecule has 5 aliphatic heterocycles. The van der Waals surface area contributed by atoms with Crippen molar-refractivity contribution in [3.8, 4) is 61.9 Å². The van der Waals surface area contributed by atoms with E-state index in [0.717, 1.165) is 127 Å². The summed E-state index contributed by atoms with van der Waals surface area (Å²) in [6.07, 6.45) is 29.2. The van der Waals surface area contributed by atoms with E-state index in [1.807, 2.05) is 139 Å². The molecule has 0 saturated heterocycles. The largest absolute Gasteiger partial charge is 0.395 e. The Kier molecular flexibility index (Phi) is 11.3. The summed E-state index contributed by atoms with van der Waals surface area (Å²) in [7, 11) is 2.05. The van der Waals surface area contributed by atoms with E-state index < -0.39 is 6.98 Å². The van der Waals surface area contributed by atoms with E-state index in [-0.39, 0.29) is 0 Å². The van der Waals surface area contributed by atoms with Crippen molar-refractivity contribution in [2.24, 2.45) is 14.0 Å². The van der Waals surface area contributed by atoms with Gasteiger partial charge in [-0.25, -0.2) is 36.4 Å². The lowest BCUT2D eigenvalue weighted by Crippen LogP contribution is -2.32. The van der Waals surface area contributed by atoms with Gasteiger partial charge in [0.2, 0.25) is 39.2 Å². The Morgan fingerprint density at radius 2 is 0.883 bits per heavy atom. The lowest BCUT2D eigenvalue weighted by molar-refractivity contribution is -0.651. The molecule has 0 spiro atoms. The normalized spacial score (nSPS) is 13.5. The fourth-order valence-electron chi connectivity index (χ4n) is 15.1.